The molecule has 0 nitrogen and oxygen atoms in total. The first-order valence-electron chi connectivity index (χ1n) is 6.08. The number of aryl methyl sites for hydroxylation is 2. The molecule has 0 amide bonds. The van der Waals surface area contributed by atoms with E-state index in [0.717, 1.165) is 19.3 Å². The summed E-state index contributed by atoms with van der Waals surface area (Å²) in [4.78, 5) is 0. The quantitative estimate of drug-likeness (QED) is 0.484. The minimum Gasteiger partial charge on any atom is -0.243 e. The van der Waals surface area contributed by atoms with E-state index in [1.54, 1.807) is 6.08 Å². The van der Waals surface area contributed by atoms with Gasteiger partial charge in [0, 0.05) is 0 Å². The number of benzene rings is 1. The Kier molecular flexibility index (Phi) is 5.84. The van der Waals surface area contributed by atoms with Gasteiger partial charge < -0.3 is 0 Å². The number of rotatable bonds is 6. The monoisotopic (exact) mass is 220 g/mol. The summed E-state index contributed by atoms with van der Waals surface area (Å²) in [5.41, 5.74) is 2.66. The fourth-order valence-electron chi connectivity index (χ4n) is 1.56. The summed E-state index contributed by atoms with van der Waals surface area (Å²) in [6, 6.07) is 8.62. The van der Waals surface area contributed by atoms with Gasteiger partial charge in [-0.05, 0) is 38.2 Å². The van der Waals surface area contributed by atoms with Crippen molar-refractivity contribution in [2.45, 2.75) is 45.7 Å². The predicted molar refractivity (Wildman–Crippen MR) is 68.4 cm³/mol. The molecule has 0 N–H and O–H groups in total. The van der Waals surface area contributed by atoms with Gasteiger partial charge in [-0.3, -0.25) is 0 Å². The first kappa shape index (κ1) is 13.0. The normalized spacial score (nSPS) is 13.2. The van der Waals surface area contributed by atoms with Crippen molar-refractivity contribution >= 4 is 0 Å². The van der Waals surface area contributed by atoms with Gasteiger partial charge in [-0.15, -0.1) is 0 Å². The Morgan fingerprint density at radius 2 is 1.94 bits per heavy atom. The maximum Gasteiger partial charge on any atom is 0.118 e. The number of allylic oxidation sites excluding steroid dienone is 2. The molecule has 0 saturated heterocycles. The second-order valence-electron chi connectivity index (χ2n) is 4.23. The second-order valence-corrected chi connectivity index (χ2v) is 4.23. The van der Waals surface area contributed by atoms with Crippen LogP contribution in [0, 0.1) is 6.92 Å². The Hall–Kier alpha value is -1.11. The first-order valence-corrected chi connectivity index (χ1v) is 6.08. The summed E-state index contributed by atoms with van der Waals surface area (Å²) in [5.74, 6) is 0. The van der Waals surface area contributed by atoms with E-state index in [0.29, 0.717) is 6.42 Å². The lowest BCUT2D eigenvalue weighted by Gasteiger charge is -2.00. The standard InChI is InChI=1S/C15H21F/c1-3-15(16)8-6-4-5-7-14-11-9-13(2)10-12-14/h6,8-12,15H,3-5,7H2,1-2H3/b8-6-. The van der Waals surface area contributed by atoms with Gasteiger partial charge >= 0.3 is 0 Å². The van der Waals surface area contributed by atoms with E-state index >= 15 is 0 Å². The molecule has 0 fully saturated rings. The molecule has 0 bridgehead atoms. The van der Waals surface area contributed by atoms with Crippen LogP contribution in [0.2, 0.25) is 0 Å². The van der Waals surface area contributed by atoms with Gasteiger partial charge in [0.15, 0.2) is 0 Å². The number of hydrogen-bond acceptors (Lipinski definition) is 0. The van der Waals surface area contributed by atoms with Crippen LogP contribution in [0.15, 0.2) is 36.4 Å². The van der Waals surface area contributed by atoms with E-state index in [2.05, 4.69) is 31.2 Å². The van der Waals surface area contributed by atoms with Gasteiger partial charge in [-0.2, -0.15) is 0 Å². The lowest BCUT2D eigenvalue weighted by molar-refractivity contribution is 0.390. The molecule has 1 aromatic carbocycles. The van der Waals surface area contributed by atoms with Crippen molar-refractivity contribution in [3.8, 4) is 0 Å². The van der Waals surface area contributed by atoms with Gasteiger partial charge in [-0.1, -0.05) is 48.9 Å². The molecule has 1 rings (SSSR count). The van der Waals surface area contributed by atoms with E-state index in [4.69, 9.17) is 0 Å². The maximum atomic E-state index is 12.8. The van der Waals surface area contributed by atoms with E-state index in [1.807, 2.05) is 13.0 Å². The Morgan fingerprint density at radius 1 is 1.25 bits per heavy atom. The van der Waals surface area contributed by atoms with Crippen LogP contribution < -0.4 is 0 Å². The Labute approximate surface area is 98.2 Å². The third-order valence-corrected chi connectivity index (χ3v) is 2.69. The van der Waals surface area contributed by atoms with Crippen LogP contribution >= 0.6 is 0 Å². The summed E-state index contributed by atoms with van der Waals surface area (Å²) < 4.78 is 12.8. The lowest BCUT2D eigenvalue weighted by Crippen LogP contribution is -1.90. The fourth-order valence-corrected chi connectivity index (χ4v) is 1.56. The molecule has 0 heterocycles. The molecule has 1 unspecified atom stereocenters. The van der Waals surface area contributed by atoms with E-state index < -0.39 is 6.17 Å². The number of halogens is 1. The lowest BCUT2D eigenvalue weighted by atomic mass is 10.1. The molecule has 1 aromatic rings. The highest BCUT2D eigenvalue weighted by Gasteiger charge is 1.95. The van der Waals surface area contributed by atoms with Crippen molar-refractivity contribution < 1.29 is 4.39 Å². The fraction of sp³-hybridized carbons (Fsp3) is 0.467. The number of unbranched alkanes of at least 4 members (excludes halogenated alkanes) is 1. The molecule has 0 aliphatic rings. The molecule has 88 valence electrons. The Balaban J connectivity index is 2.21. The molecule has 0 radical (unpaired) electrons. The van der Waals surface area contributed by atoms with E-state index in [9.17, 15) is 4.39 Å². The molecule has 0 aliphatic carbocycles. The third-order valence-electron chi connectivity index (χ3n) is 2.69. The predicted octanol–water partition coefficient (Wildman–Crippen LogP) is 4.62. The molecule has 0 saturated carbocycles. The highest BCUT2D eigenvalue weighted by atomic mass is 19.1. The van der Waals surface area contributed by atoms with Crippen LogP contribution in [0.25, 0.3) is 0 Å². The zero-order valence-electron chi connectivity index (χ0n) is 10.2. The molecular weight excluding hydrogens is 199 g/mol. The van der Waals surface area contributed by atoms with Crippen molar-refractivity contribution in [3.63, 3.8) is 0 Å². The van der Waals surface area contributed by atoms with Crippen LogP contribution in [0.3, 0.4) is 0 Å². The maximum absolute atomic E-state index is 12.8. The van der Waals surface area contributed by atoms with Crippen LogP contribution in [0.5, 0.6) is 0 Å². The van der Waals surface area contributed by atoms with Crippen LogP contribution in [0.4, 0.5) is 4.39 Å². The summed E-state index contributed by atoms with van der Waals surface area (Å²) in [7, 11) is 0. The van der Waals surface area contributed by atoms with E-state index in [1.165, 1.54) is 11.1 Å². The highest BCUT2D eigenvalue weighted by Crippen LogP contribution is 2.08. The average molecular weight is 220 g/mol. The third kappa shape index (κ3) is 5.11. The summed E-state index contributed by atoms with van der Waals surface area (Å²) >= 11 is 0. The number of alkyl halides is 1. The largest absolute Gasteiger partial charge is 0.243 e. The van der Waals surface area contributed by atoms with Gasteiger partial charge in [0.1, 0.15) is 6.17 Å². The second kappa shape index (κ2) is 7.21. The molecule has 1 atom stereocenters. The Bertz CT molecular complexity index is 311. The first-order chi connectivity index (χ1) is 7.72. The van der Waals surface area contributed by atoms with Gasteiger partial charge in [0.25, 0.3) is 0 Å². The zero-order valence-corrected chi connectivity index (χ0v) is 10.2. The van der Waals surface area contributed by atoms with E-state index in [-0.39, 0.29) is 0 Å². The molecule has 0 spiro atoms. The highest BCUT2D eigenvalue weighted by molar-refractivity contribution is 5.21. The summed E-state index contributed by atoms with van der Waals surface area (Å²) in [6.45, 7) is 3.96. The molecule has 16 heavy (non-hydrogen) atoms. The molecular formula is C15H21F. The summed E-state index contributed by atoms with van der Waals surface area (Å²) in [5, 5.41) is 0. The minimum atomic E-state index is -0.764. The summed E-state index contributed by atoms with van der Waals surface area (Å²) in [6.07, 6.45) is 6.59. The number of hydrogen-bond donors (Lipinski definition) is 0. The van der Waals surface area contributed by atoms with Crippen LogP contribution in [-0.4, -0.2) is 6.17 Å². The van der Waals surface area contributed by atoms with Crippen LogP contribution in [0.1, 0.15) is 37.3 Å². The Morgan fingerprint density at radius 3 is 2.56 bits per heavy atom. The molecule has 0 aromatic heterocycles. The van der Waals surface area contributed by atoms with Crippen molar-refractivity contribution in [2.75, 3.05) is 0 Å². The SMILES string of the molecule is CCC(F)/C=C\CCCc1ccc(C)cc1. The smallest absolute Gasteiger partial charge is 0.118 e. The van der Waals surface area contributed by atoms with Gasteiger partial charge in [0.2, 0.25) is 0 Å². The minimum absolute atomic E-state index is 0.578. The van der Waals surface area contributed by atoms with Gasteiger partial charge in [-0.25, -0.2) is 4.39 Å². The van der Waals surface area contributed by atoms with Crippen molar-refractivity contribution in [2.24, 2.45) is 0 Å². The van der Waals surface area contributed by atoms with Crippen molar-refractivity contribution in [1.29, 1.82) is 0 Å². The molecule has 0 aliphatic heterocycles. The van der Waals surface area contributed by atoms with Crippen molar-refractivity contribution in [3.05, 3.63) is 47.5 Å². The van der Waals surface area contributed by atoms with Gasteiger partial charge in [0.05, 0.1) is 0 Å². The topological polar surface area (TPSA) is 0 Å². The average Bonchev–Trinajstić information content (AvgIpc) is 2.31. The van der Waals surface area contributed by atoms with Crippen LogP contribution in [-0.2, 0) is 6.42 Å². The van der Waals surface area contributed by atoms with Crippen molar-refractivity contribution in [1.82, 2.24) is 0 Å². The zero-order chi connectivity index (χ0) is 11.8. The molecule has 1 heteroatoms.